The van der Waals surface area contributed by atoms with Crippen molar-refractivity contribution in [3.63, 3.8) is 0 Å². The number of carbonyl (C=O) groups is 1. The van der Waals surface area contributed by atoms with Crippen molar-refractivity contribution in [3.8, 4) is 23.0 Å². The first kappa shape index (κ1) is 17.5. The third-order valence-electron chi connectivity index (χ3n) is 4.78. The normalized spacial score (nSPS) is 19.4. The van der Waals surface area contributed by atoms with Crippen molar-refractivity contribution in [2.75, 3.05) is 20.3 Å². The third-order valence-corrected chi connectivity index (χ3v) is 4.78. The van der Waals surface area contributed by atoms with E-state index in [0.29, 0.717) is 36.7 Å². The van der Waals surface area contributed by atoms with Gasteiger partial charge in [0.1, 0.15) is 30.3 Å². The van der Waals surface area contributed by atoms with Crippen molar-refractivity contribution in [2.24, 2.45) is 0 Å². The monoisotopic (exact) mass is 369 g/mol. The maximum absolute atomic E-state index is 12.9. The van der Waals surface area contributed by atoms with E-state index in [1.807, 2.05) is 32.0 Å². The number of rotatable bonds is 3. The first-order valence-electron chi connectivity index (χ1n) is 9.03. The summed E-state index contributed by atoms with van der Waals surface area (Å²) in [6.07, 6.45) is 0.656. The topological polar surface area (TPSA) is 66.0 Å². The number of ether oxygens (including phenoxy) is 4. The molecule has 1 unspecified atom stereocenters. The number of hydrogen-bond acceptors (Lipinski definition) is 5. The van der Waals surface area contributed by atoms with Crippen molar-refractivity contribution >= 4 is 5.91 Å². The summed E-state index contributed by atoms with van der Waals surface area (Å²) in [5, 5.41) is 3.13. The molecule has 0 saturated heterocycles. The van der Waals surface area contributed by atoms with Crippen molar-refractivity contribution in [1.29, 1.82) is 0 Å². The van der Waals surface area contributed by atoms with Crippen LogP contribution in [0.4, 0.5) is 0 Å². The Morgan fingerprint density at radius 2 is 1.81 bits per heavy atom. The van der Waals surface area contributed by atoms with Crippen LogP contribution in [-0.2, 0) is 0 Å². The molecule has 6 heteroatoms. The zero-order valence-electron chi connectivity index (χ0n) is 15.7. The lowest BCUT2D eigenvalue weighted by Gasteiger charge is -2.38. The number of methoxy groups -OCH3 is 1. The highest BCUT2D eigenvalue weighted by Gasteiger charge is 2.35. The predicted molar refractivity (Wildman–Crippen MR) is 100.0 cm³/mol. The Balaban J connectivity index is 1.61. The molecule has 0 saturated carbocycles. The molecule has 2 aromatic carbocycles. The van der Waals surface area contributed by atoms with E-state index in [2.05, 4.69) is 5.32 Å². The van der Waals surface area contributed by atoms with Crippen LogP contribution in [-0.4, -0.2) is 31.8 Å². The van der Waals surface area contributed by atoms with Crippen LogP contribution in [0.15, 0.2) is 36.4 Å². The van der Waals surface area contributed by atoms with Gasteiger partial charge in [-0.1, -0.05) is 0 Å². The SMILES string of the molecule is COc1ccc2c(c1)C(NC(=O)c1ccc3c(c1)OCCO3)CC(C)(C)O2. The number of carbonyl (C=O) groups excluding carboxylic acids is 1. The molecule has 1 N–H and O–H groups in total. The molecule has 0 aromatic heterocycles. The van der Waals surface area contributed by atoms with Gasteiger partial charge in [-0.3, -0.25) is 4.79 Å². The Morgan fingerprint density at radius 1 is 1.07 bits per heavy atom. The maximum Gasteiger partial charge on any atom is 0.251 e. The van der Waals surface area contributed by atoms with Crippen LogP contribution < -0.4 is 24.3 Å². The van der Waals surface area contributed by atoms with Crippen molar-refractivity contribution in [2.45, 2.75) is 31.9 Å². The Morgan fingerprint density at radius 3 is 2.59 bits per heavy atom. The van der Waals surface area contributed by atoms with Crippen LogP contribution in [0, 0.1) is 0 Å². The first-order chi connectivity index (χ1) is 12.9. The Kier molecular flexibility index (Phi) is 4.34. The minimum absolute atomic E-state index is 0.163. The van der Waals surface area contributed by atoms with E-state index in [0.717, 1.165) is 17.1 Å². The number of benzene rings is 2. The molecule has 1 atom stereocenters. The van der Waals surface area contributed by atoms with Crippen molar-refractivity contribution in [3.05, 3.63) is 47.5 Å². The Labute approximate surface area is 158 Å². The zero-order chi connectivity index (χ0) is 19.0. The van der Waals surface area contributed by atoms with E-state index in [1.165, 1.54) is 0 Å². The molecule has 2 aliphatic heterocycles. The van der Waals surface area contributed by atoms with Crippen LogP contribution in [0.5, 0.6) is 23.0 Å². The number of nitrogens with one attached hydrogen (secondary N) is 1. The van der Waals surface area contributed by atoms with E-state index in [-0.39, 0.29) is 17.6 Å². The van der Waals surface area contributed by atoms with Crippen molar-refractivity contribution < 1.29 is 23.7 Å². The summed E-state index contributed by atoms with van der Waals surface area (Å²) >= 11 is 0. The van der Waals surface area contributed by atoms with Crippen LogP contribution in [0.2, 0.25) is 0 Å². The molecule has 0 fully saturated rings. The van der Waals surface area contributed by atoms with Crippen LogP contribution in [0.1, 0.15) is 42.2 Å². The van der Waals surface area contributed by atoms with Gasteiger partial charge in [-0.2, -0.15) is 0 Å². The summed E-state index contributed by atoms with van der Waals surface area (Å²) in [6.45, 7) is 5.04. The molecular formula is C21H23NO5. The van der Waals surface area contributed by atoms with E-state index >= 15 is 0 Å². The molecule has 2 aliphatic rings. The van der Waals surface area contributed by atoms with E-state index in [4.69, 9.17) is 18.9 Å². The quantitative estimate of drug-likeness (QED) is 0.897. The summed E-state index contributed by atoms with van der Waals surface area (Å²) in [5.74, 6) is 2.60. The smallest absolute Gasteiger partial charge is 0.251 e. The van der Waals surface area contributed by atoms with Crippen LogP contribution in [0.3, 0.4) is 0 Å². The summed E-state index contributed by atoms with van der Waals surface area (Å²) in [4.78, 5) is 12.9. The Bertz CT molecular complexity index is 877. The average Bonchev–Trinajstić information content (AvgIpc) is 2.66. The second kappa shape index (κ2) is 6.68. The summed E-state index contributed by atoms with van der Waals surface area (Å²) in [7, 11) is 1.62. The van der Waals surface area contributed by atoms with E-state index in [9.17, 15) is 4.79 Å². The fourth-order valence-electron chi connectivity index (χ4n) is 3.51. The standard InChI is InChI=1S/C21H23NO5/c1-21(2)12-16(15-11-14(24-3)5-7-17(15)27-21)22-20(23)13-4-6-18-19(10-13)26-9-8-25-18/h4-7,10-11,16H,8-9,12H2,1-3H3,(H,22,23). The summed E-state index contributed by atoms with van der Waals surface area (Å²) in [5.41, 5.74) is 1.07. The number of fused-ring (bicyclic) bond motifs is 2. The minimum Gasteiger partial charge on any atom is -0.497 e. The van der Waals surface area contributed by atoms with E-state index in [1.54, 1.807) is 25.3 Å². The molecule has 6 nitrogen and oxygen atoms in total. The van der Waals surface area contributed by atoms with Crippen LogP contribution in [0.25, 0.3) is 0 Å². The largest absolute Gasteiger partial charge is 0.497 e. The molecule has 142 valence electrons. The van der Waals surface area contributed by atoms with Gasteiger partial charge in [-0.05, 0) is 50.2 Å². The molecule has 0 spiro atoms. The average molecular weight is 369 g/mol. The fraction of sp³-hybridized carbons (Fsp3) is 0.381. The van der Waals surface area contributed by atoms with Gasteiger partial charge in [0.25, 0.3) is 5.91 Å². The van der Waals surface area contributed by atoms with E-state index < -0.39 is 0 Å². The van der Waals surface area contributed by atoms with Gasteiger partial charge in [0.2, 0.25) is 0 Å². The molecule has 1 amide bonds. The van der Waals surface area contributed by atoms with Gasteiger partial charge >= 0.3 is 0 Å². The number of hydrogen-bond donors (Lipinski definition) is 1. The van der Waals surface area contributed by atoms with Crippen molar-refractivity contribution in [1.82, 2.24) is 5.32 Å². The lowest BCUT2D eigenvalue weighted by Crippen LogP contribution is -2.41. The molecule has 2 heterocycles. The minimum atomic E-state index is -0.383. The molecule has 2 aromatic rings. The second-order valence-electron chi connectivity index (χ2n) is 7.35. The maximum atomic E-state index is 12.9. The molecule has 0 aliphatic carbocycles. The van der Waals surface area contributed by atoms with Gasteiger partial charge in [0.05, 0.1) is 13.2 Å². The van der Waals surface area contributed by atoms with Crippen LogP contribution >= 0.6 is 0 Å². The fourth-order valence-corrected chi connectivity index (χ4v) is 3.51. The molecule has 0 bridgehead atoms. The number of amides is 1. The van der Waals surface area contributed by atoms with Gasteiger partial charge in [0.15, 0.2) is 11.5 Å². The predicted octanol–water partition coefficient (Wildman–Crippen LogP) is 3.50. The molecular weight excluding hydrogens is 346 g/mol. The Hall–Kier alpha value is -2.89. The van der Waals surface area contributed by atoms with Gasteiger partial charge in [0, 0.05) is 17.5 Å². The molecule has 27 heavy (non-hydrogen) atoms. The zero-order valence-corrected chi connectivity index (χ0v) is 15.7. The second-order valence-corrected chi connectivity index (χ2v) is 7.35. The van der Waals surface area contributed by atoms with Gasteiger partial charge in [-0.25, -0.2) is 0 Å². The molecule has 0 radical (unpaired) electrons. The highest BCUT2D eigenvalue weighted by atomic mass is 16.6. The highest BCUT2D eigenvalue weighted by molar-refractivity contribution is 5.95. The summed E-state index contributed by atoms with van der Waals surface area (Å²) < 4.78 is 22.5. The first-order valence-corrected chi connectivity index (χ1v) is 9.03. The van der Waals surface area contributed by atoms with Gasteiger partial charge in [-0.15, -0.1) is 0 Å². The van der Waals surface area contributed by atoms with Gasteiger partial charge < -0.3 is 24.3 Å². The summed E-state index contributed by atoms with van der Waals surface area (Å²) in [6, 6.07) is 10.7. The highest BCUT2D eigenvalue weighted by Crippen LogP contribution is 2.41. The third kappa shape index (κ3) is 3.52. The molecule has 4 rings (SSSR count). The lowest BCUT2D eigenvalue weighted by molar-refractivity contribution is 0.0617. The lowest BCUT2D eigenvalue weighted by atomic mass is 9.89.